The standard InChI is InChI=1S/C9H15N/c1-9(2,3)6-8-4-5-10-7-8/h4-5,7,10H,6H2,1-3H3. The summed E-state index contributed by atoms with van der Waals surface area (Å²) in [5.41, 5.74) is 1.80. The minimum Gasteiger partial charge on any atom is -0.367 e. The normalized spacial score (nSPS) is 11.9. The molecular formula is C9H15N. The summed E-state index contributed by atoms with van der Waals surface area (Å²) < 4.78 is 0. The maximum absolute atomic E-state index is 3.05. The average molecular weight is 137 g/mol. The largest absolute Gasteiger partial charge is 0.367 e. The van der Waals surface area contributed by atoms with Crippen LogP contribution in [0.3, 0.4) is 0 Å². The molecule has 0 fully saturated rings. The van der Waals surface area contributed by atoms with Gasteiger partial charge < -0.3 is 4.98 Å². The Morgan fingerprint density at radius 1 is 1.40 bits per heavy atom. The van der Waals surface area contributed by atoms with Gasteiger partial charge in [0.1, 0.15) is 0 Å². The quantitative estimate of drug-likeness (QED) is 0.612. The first-order valence-electron chi connectivity index (χ1n) is 3.70. The average Bonchev–Trinajstić information content (AvgIpc) is 2.12. The van der Waals surface area contributed by atoms with Crippen LogP contribution in [0.1, 0.15) is 26.3 Å². The van der Waals surface area contributed by atoms with Gasteiger partial charge in [0.25, 0.3) is 0 Å². The van der Waals surface area contributed by atoms with Gasteiger partial charge >= 0.3 is 0 Å². The summed E-state index contributed by atoms with van der Waals surface area (Å²) in [5.74, 6) is 0. The summed E-state index contributed by atoms with van der Waals surface area (Å²) in [6.07, 6.45) is 5.18. The monoisotopic (exact) mass is 137 g/mol. The van der Waals surface area contributed by atoms with E-state index in [1.165, 1.54) is 5.56 Å². The molecule has 0 aliphatic rings. The fourth-order valence-corrected chi connectivity index (χ4v) is 1.08. The van der Waals surface area contributed by atoms with Gasteiger partial charge in [-0.3, -0.25) is 0 Å². The lowest BCUT2D eigenvalue weighted by Gasteiger charge is -2.16. The van der Waals surface area contributed by atoms with Crippen LogP contribution in [0.2, 0.25) is 0 Å². The van der Waals surface area contributed by atoms with E-state index >= 15 is 0 Å². The van der Waals surface area contributed by atoms with Gasteiger partial charge in [-0.2, -0.15) is 0 Å². The van der Waals surface area contributed by atoms with E-state index in [2.05, 4.69) is 38.0 Å². The second-order valence-corrected chi connectivity index (χ2v) is 3.96. The molecule has 0 aromatic carbocycles. The Morgan fingerprint density at radius 2 is 2.10 bits per heavy atom. The van der Waals surface area contributed by atoms with Crippen molar-refractivity contribution >= 4 is 0 Å². The first kappa shape index (κ1) is 7.39. The SMILES string of the molecule is CC(C)(C)Cc1cc[nH]c1. The van der Waals surface area contributed by atoms with Crippen LogP contribution in [0.4, 0.5) is 0 Å². The highest BCUT2D eigenvalue weighted by Crippen LogP contribution is 2.19. The molecule has 0 unspecified atom stereocenters. The third-order valence-electron chi connectivity index (χ3n) is 1.40. The summed E-state index contributed by atoms with van der Waals surface area (Å²) in [4.78, 5) is 3.05. The summed E-state index contributed by atoms with van der Waals surface area (Å²) in [7, 11) is 0. The number of nitrogens with one attached hydrogen (secondary N) is 1. The van der Waals surface area contributed by atoms with Crippen molar-refractivity contribution in [1.82, 2.24) is 4.98 Å². The topological polar surface area (TPSA) is 15.8 Å². The molecule has 10 heavy (non-hydrogen) atoms. The number of aromatic nitrogens is 1. The Hall–Kier alpha value is -0.720. The Balaban J connectivity index is 2.57. The molecule has 0 saturated heterocycles. The van der Waals surface area contributed by atoms with Crippen LogP contribution in [0, 0.1) is 5.41 Å². The lowest BCUT2D eigenvalue weighted by Crippen LogP contribution is -2.08. The Morgan fingerprint density at radius 3 is 2.50 bits per heavy atom. The first-order valence-corrected chi connectivity index (χ1v) is 3.70. The van der Waals surface area contributed by atoms with Gasteiger partial charge in [0, 0.05) is 12.4 Å². The van der Waals surface area contributed by atoms with Crippen molar-refractivity contribution in [2.75, 3.05) is 0 Å². The predicted molar refractivity (Wildman–Crippen MR) is 44.0 cm³/mol. The van der Waals surface area contributed by atoms with Crippen molar-refractivity contribution in [2.24, 2.45) is 5.41 Å². The van der Waals surface area contributed by atoms with Crippen LogP contribution < -0.4 is 0 Å². The molecule has 1 aromatic heterocycles. The third-order valence-corrected chi connectivity index (χ3v) is 1.40. The summed E-state index contributed by atoms with van der Waals surface area (Å²) >= 11 is 0. The molecule has 1 heterocycles. The molecule has 1 N–H and O–H groups in total. The zero-order valence-electron chi connectivity index (χ0n) is 6.94. The fourth-order valence-electron chi connectivity index (χ4n) is 1.08. The van der Waals surface area contributed by atoms with Gasteiger partial charge in [0.15, 0.2) is 0 Å². The van der Waals surface area contributed by atoms with Crippen molar-refractivity contribution in [3.05, 3.63) is 24.0 Å². The molecule has 0 amide bonds. The van der Waals surface area contributed by atoms with E-state index in [0.29, 0.717) is 5.41 Å². The van der Waals surface area contributed by atoms with Crippen LogP contribution >= 0.6 is 0 Å². The number of hydrogen-bond acceptors (Lipinski definition) is 0. The van der Waals surface area contributed by atoms with Crippen molar-refractivity contribution < 1.29 is 0 Å². The number of aromatic amines is 1. The molecule has 1 aromatic rings. The second-order valence-electron chi connectivity index (χ2n) is 3.96. The summed E-state index contributed by atoms with van der Waals surface area (Å²) in [6.45, 7) is 6.75. The maximum Gasteiger partial charge on any atom is 0.00375 e. The zero-order valence-corrected chi connectivity index (χ0v) is 6.94. The number of rotatable bonds is 1. The molecular weight excluding hydrogens is 122 g/mol. The maximum atomic E-state index is 3.05. The van der Waals surface area contributed by atoms with Gasteiger partial charge in [-0.05, 0) is 23.5 Å². The predicted octanol–water partition coefficient (Wildman–Crippen LogP) is 2.60. The van der Waals surface area contributed by atoms with Crippen molar-refractivity contribution in [1.29, 1.82) is 0 Å². The second kappa shape index (κ2) is 2.49. The lowest BCUT2D eigenvalue weighted by atomic mass is 9.89. The Labute approximate surface area is 62.5 Å². The highest BCUT2D eigenvalue weighted by Gasteiger charge is 2.10. The molecule has 0 spiro atoms. The van der Waals surface area contributed by atoms with Gasteiger partial charge in [-0.1, -0.05) is 20.8 Å². The Bertz CT molecular complexity index is 179. The molecule has 1 heteroatoms. The van der Waals surface area contributed by atoms with Gasteiger partial charge in [0.2, 0.25) is 0 Å². The van der Waals surface area contributed by atoms with E-state index in [1.807, 2.05) is 6.20 Å². The number of H-pyrrole nitrogens is 1. The van der Waals surface area contributed by atoms with Gasteiger partial charge in [-0.25, -0.2) is 0 Å². The molecule has 0 atom stereocenters. The van der Waals surface area contributed by atoms with Crippen molar-refractivity contribution in [3.63, 3.8) is 0 Å². The van der Waals surface area contributed by atoms with Crippen molar-refractivity contribution in [2.45, 2.75) is 27.2 Å². The molecule has 1 nitrogen and oxygen atoms in total. The van der Waals surface area contributed by atoms with Crippen LogP contribution in [-0.4, -0.2) is 4.98 Å². The highest BCUT2D eigenvalue weighted by molar-refractivity contribution is 5.09. The lowest BCUT2D eigenvalue weighted by molar-refractivity contribution is 0.411. The van der Waals surface area contributed by atoms with Crippen LogP contribution in [-0.2, 0) is 6.42 Å². The minimum absolute atomic E-state index is 0.405. The molecule has 0 bridgehead atoms. The minimum atomic E-state index is 0.405. The first-order chi connectivity index (χ1) is 4.58. The summed E-state index contributed by atoms with van der Waals surface area (Å²) in [6, 6.07) is 2.13. The van der Waals surface area contributed by atoms with E-state index in [4.69, 9.17) is 0 Å². The van der Waals surface area contributed by atoms with E-state index in [0.717, 1.165) is 6.42 Å². The van der Waals surface area contributed by atoms with Gasteiger partial charge in [-0.15, -0.1) is 0 Å². The van der Waals surface area contributed by atoms with E-state index in [9.17, 15) is 0 Å². The van der Waals surface area contributed by atoms with E-state index in [1.54, 1.807) is 0 Å². The van der Waals surface area contributed by atoms with Crippen molar-refractivity contribution in [3.8, 4) is 0 Å². The van der Waals surface area contributed by atoms with E-state index < -0.39 is 0 Å². The molecule has 0 saturated carbocycles. The highest BCUT2D eigenvalue weighted by atomic mass is 14.6. The van der Waals surface area contributed by atoms with Crippen LogP contribution in [0.25, 0.3) is 0 Å². The zero-order chi connectivity index (χ0) is 7.61. The van der Waals surface area contributed by atoms with Crippen LogP contribution in [0.5, 0.6) is 0 Å². The molecule has 0 aliphatic heterocycles. The Kier molecular flexibility index (Phi) is 1.84. The molecule has 0 radical (unpaired) electrons. The molecule has 0 aliphatic carbocycles. The summed E-state index contributed by atoms with van der Waals surface area (Å²) in [5, 5.41) is 0. The molecule has 56 valence electrons. The van der Waals surface area contributed by atoms with E-state index in [-0.39, 0.29) is 0 Å². The fraction of sp³-hybridized carbons (Fsp3) is 0.556. The van der Waals surface area contributed by atoms with Gasteiger partial charge in [0.05, 0.1) is 0 Å². The number of hydrogen-bond donors (Lipinski definition) is 1. The third kappa shape index (κ3) is 2.26. The van der Waals surface area contributed by atoms with Crippen LogP contribution in [0.15, 0.2) is 18.5 Å². The smallest absolute Gasteiger partial charge is 0.00375 e. The molecule has 1 rings (SSSR count).